The molecule has 0 bridgehead atoms. The van der Waals surface area contributed by atoms with E-state index in [1.165, 1.54) is 18.2 Å². The second kappa shape index (κ2) is 7.37. The summed E-state index contributed by atoms with van der Waals surface area (Å²) in [5, 5.41) is 10.3. The molecule has 2 aromatic carbocycles. The van der Waals surface area contributed by atoms with E-state index < -0.39 is 9.84 Å². The van der Waals surface area contributed by atoms with Gasteiger partial charge in [0.25, 0.3) is 0 Å². The van der Waals surface area contributed by atoms with Gasteiger partial charge in [-0.2, -0.15) is 5.26 Å². The van der Waals surface area contributed by atoms with Crippen LogP contribution in [0.15, 0.2) is 47.4 Å². The molecule has 0 fully saturated rings. The summed E-state index contributed by atoms with van der Waals surface area (Å²) in [6, 6.07) is 12.8. The summed E-state index contributed by atoms with van der Waals surface area (Å²) < 4.78 is 24.8. The highest BCUT2D eigenvalue weighted by atomic mass is 35.5. The number of nitrogens with zero attached hydrogens (tertiary/aromatic N) is 1. The lowest BCUT2D eigenvalue weighted by atomic mass is 10.2. The van der Waals surface area contributed by atoms with Gasteiger partial charge < -0.3 is 0 Å². The largest absolute Gasteiger partial charge is 0.223 e. The molecule has 0 aliphatic heterocycles. The molecule has 2 aromatic rings. The molecule has 0 aliphatic carbocycles. The first-order valence-electron chi connectivity index (χ1n) is 6.36. The first-order chi connectivity index (χ1) is 10.8. The fourth-order valence-corrected chi connectivity index (χ4v) is 3.50. The topological polar surface area (TPSA) is 57.9 Å². The van der Waals surface area contributed by atoms with Crippen molar-refractivity contribution in [1.82, 2.24) is 0 Å². The van der Waals surface area contributed by atoms with Crippen LogP contribution >= 0.6 is 34.8 Å². The van der Waals surface area contributed by atoms with Gasteiger partial charge in [-0.3, -0.25) is 0 Å². The number of allylic oxidation sites excluding steroid dienone is 1. The molecule has 23 heavy (non-hydrogen) atoms. The summed E-state index contributed by atoms with van der Waals surface area (Å²) in [6.45, 7) is 0. The molecule has 3 nitrogen and oxygen atoms in total. The fraction of sp³-hybridized carbons (Fsp3) is 0.0625. The van der Waals surface area contributed by atoms with Crippen LogP contribution in [0.25, 0.3) is 6.08 Å². The molecular weight excluding hydrogens is 377 g/mol. The van der Waals surface area contributed by atoms with Crippen LogP contribution < -0.4 is 0 Å². The average molecular weight is 387 g/mol. The molecule has 0 amide bonds. The van der Waals surface area contributed by atoms with Gasteiger partial charge >= 0.3 is 0 Å². The van der Waals surface area contributed by atoms with Gasteiger partial charge in [0.1, 0.15) is 11.0 Å². The Balaban J connectivity index is 2.34. The lowest BCUT2D eigenvalue weighted by Gasteiger charge is -2.04. The highest BCUT2D eigenvalue weighted by molar-refractivity contribution is 7.95. The van der Waals surface area contributed by atoms with E-state index in [9.17, 15) is 13.7 Å². The minimum atomic E-state index is -3.78. The number of hydrogen-bond donors (Lipinski definition) is 0. The van der Waals surface area contributed by atoms with Gasteiger partial charge in [-0.15, -0.1) is 0 Å². The van der Waals surface area contributed by atoms with Crippen molar-refractivity contribution in [3.8, 4) is 6.07 Å². The normalized spacial score (nSPS) is 12.0. The van der Waals surface area contributed by atoms with Gasteiger partial charge in [0.15, 0.2) is 9.84 Å². The third kappa shape index (κ3) is 4.73. The van der Waals surface area contributed by atoms with E-state index >= 15 is 0 Å². The van der Waals surface area contributed by atoms with Crippen molar-refractivity contribution in [1.29, 1.82) is 5.26 Å². The predicted molar refractivity (Wildman–Crippen MR) is 94.1 cm³/mol. The van der Waals surface area contributed by atoms with Gasteiger partial charge in [-0.1, -0.05) is 53.0 Å². The fourth-order valence-electron chi connectivity index (χ4n) is 1.82. The van der Waals surface area contributed by atoms with Crippen molar-refractivity contribution in [3.05, 3.63) is 73.6 Å². The Kier molecular flexibility index (Phi) is 5.72. The zero-order valence-corrected chi connectivity index (χ0v) is 14.7. The van der Waals surface area contributed by atoms with Gasteiger partial charge in [0.05, 0.1) is 15.8 Å². The van der Waals surface area contributed by atoms with E-state index in [4.69, 9.17) is 34.8 Å². The van der Waals surface area contributed by atoms with E-state index in [-0.39, 0.29) is 15.7 Å². The number of halogens is 3. The molecule has 0 N–H and O–H groups in total. The lowest BCUT2D eigenvalue weighted by molar-refractivity contribution is 0.602. The molecular formula is C16H10Cl3NO2S. The van der Waals surface area contributed by atoms with Crippen molar-refractivity contribution in [2.24, 2.45) is 0 Å². The molecule has 0 spiro atoms. The first kappa shape index (κ1) is 17.8. The number of nitriles is 1. The summed E-state index contributed by atoms with van der Waals surface area (Å²) >= 11 is 17.5. The van der Waals surface area contributed by atoms with Crippen LogP contribution in [-0.2, 0) is 15.6 Å². The third-order valence-electron chi connectivity index (χ3n) is 2.96. The first-order valence-corrected chi connectivity index (χ1v) is 9.14. The SMILES string of the molecule is N#C/C(=C\c1ccc(Cl)c(Cl)c1)S(=O)(=O)Cc1ccc(Cl)cc1. The Labute approximate surface area is 149 Å². The van der Waals surface area contributed by atoms with Crippen LogP contribution in [-0.4, -0.2) is 8.42 Å². The monoisotopic (exact) mass is 385 g/mol. The summed E-state index contributed by atoms with van der Waals surface area (Å²) in [7, 11) is -3.78. The Bertz CT molecular complexity index is 898. The van der Waals surface area contributed by atoms with Crippen molar-refractivity contribution in [3.63, 3.8) is 0 Å². The quantitative estimate of drug-likeness (QED) is 0.685. The molecule has 0 aliphatic rings. The Morgan fingerprint density at radius 3 is 2.26 bits per heavy atom. The van der Waals surface area contributed by atoms with Gasteiger partial charge in [0.2, 0.25) is 0 Å². The van der Waals surface area contributed by atoms with Crippen LogP contribution in [0.3, 0.4) is 0 Å². The molecule has 0 radical (unpaired) electrons. The Morgan fingerprint density at radius 2 is 1.70 bits per heavy atom. The summed E-state index contributed by atoms with van der Waals surface area (Å²) in [5.74, 6) is -0.287. The van der Waals surface area contributed by atoms with E-state index in [2.05, 4.69) is 0 Å². The van der Waals surface area contributed by atoms with E-state index in [0.717, 1.165) is 0 Å². The van der Waals surface area contributed by atoms with Crippen LogP contribution in [0, 0.1) is 11.3 Å². The highest BCUT2D eigenvalue weighted by Gasteiger charge is 2.18. The maximum Gasteiger partial charge on any atom is 0.192 e. The number of sulfone groups is 1. The van der Waals surface area contributed by atoms with Crippen LogP contribution in [0.4, 0.5) is 0 Å². The summed E-state index contributed by atoms with van der Waals surface area (Å²) in [6.07, 6.45) is 1.27. The maximum atomic E-state index is 12.4. The molecule has 0 aromatic heterocycles. The molecule has 0 saturated carbocycles. The number of benzene rings is 2. The molecule has 2 rings (SSSR count). The number of hydrogen-bond acceptors (Lipinski definition) is 3. The zero-order valence-electron chi connectivity index (χ0n) is 11.6. The van der Waals surface area contributed by atoms with E-state index in [1.807, 2.05) is 0 Å². The van der Waals surface area contributed by atoms with Gasteiger partial charge in [0, 0.05) is 5.02 Å². The van der Waals surface area contributed by atoms with Crippen molar-refractivity contribution < 1.29 is 8.42 Å². The van der Waals surface area contributed by atoms with Gasteiger partial charge in [-0.05, 0) is 41.5 Å². The lowest BCUT2D eigenvalue weighted by Crippen LogP contribution is -2.06. The Morgan fingerprint density at radius 1 is 1.04 bits per heavy atom. The smallest absolute Gasteiger partial charge is 0.192 e. The molecule has 0 unspecified atom stereocenters. The van der Waals surface area contributed by atoms with Crippen LogP contribution in [0.2, 0.25) is 15.1 Å². The highest BCUT2D eigenvalue weighted by Crippen LogP contribution is 2.25. The Hall–Kier alpha value is -1.51. The summed E-state index contributed by atoms with van der Waals surface area (Å²) in [5.41, 5.74) is 1.03. The zero-order chi connectivity index (χ0) is 17.0. The molecule has 118 valence electrons. The van der Waals surface area contributed by atoms with Crippen molar-refractivity contribution in [2.75, 3.05) is 0 Å². The van der Waals surface area contributed by atoms with Crippen molar-refractivity contribution >= 4 is 50.7 Å². The van der Waals surface area contributed by atoms with Crippen LogP contribution in [0.5, 0.6) is 0 Å². The molecule has 7 heteroatoms. The average Bonchev–Trinajstić information content (AvgIpc) is 2.50. The summed E-state index contributed by atoms with van der Waals surface area (Å²) in [4.78, 5) is -0.342. The number of rotatable bonds is 4. The second-order valence-corrected chi connectivity index (χ2v) is 7.89. The minimum absolute atomic E-state index is 0.285. The maximum absolute atomic E-state index is 12.4. The van der Waals surface area contributed by atoms with Crippen molar-refractivity contribution in [2.45, 2.75) is 5.75 Å². The predicted octanol–water partition coefficient (Wildman–Crippen LogP) is 5.13. The molecule has 0 saturated heterocycles. The van der Waals surface area contributed by atoms with Crippen LogP contribution in [0.1, 0.15) is 11.1 Å². The molecule has 0 heterocycles. The standard InChI is InChI=1S/C16H10Cl3NO2S/c17-13-4-1-11(2-5-13)10-23(21,22)14(9-20)7-12-3-6-15(18)16(19)8-12/h1-8H,10H2/b14-7+. The van der Waals surface area contributed by atoms with E-state index in [1.54, 1.807) is 36.4 Å². The molecule has 0 atom stereocenters. The third-order valence-corrected chi connectivity index (χ3v) is 5.54. The minimum Gasteiger partial charge on any atom is -0.223 e. The van der Waals surface area contributed by atoms with E-state index in [0.29, 0.717) is 21.2 Å². The van der Waals surface area contributed by atoms with Gasteiger partial charge in [-0.25, -0.2) is 8.42 Å². The second-order valence-electron chi connectivity index (χ2n) is 4.68.